The fraction of sp³-hybridized carbons (Fsp3) is 0.588. The number of rotatable bonds is 1. The number of nitrogens with two attached hydrogens (primary N) is 1. The van der Waals surface area contributed by atoms with Gasteiger partial charge >= 0.3 is 0 Å². The van der Waals surface area contributed by atoms with Crippen LogP contribution in [-0.2, 0) is 15.6 Å². The molecule has 0 amide bonds. The quantitative estimate of drug-likeness (QED) is 0.833. The Balaban J connectivity index is 2.57. The lowest BCUT2D eigenvalue weighted by Gasteiger charge is -2.29. The second-order valence-corrected chi connectivity index (χ2v) is 7.75. The number of amidine groups is 1. The first-order valence-corrected chi connectivity index (χ1v) is 7.34. The summed E-state index contributed by atoms with van der Waals surface area (Å²) in [5, 5.41) is 10.7. The van der Waals surface area contributed by atoms with Gasteiger partial charge in [0.15, 0.2) is 0 Å². The highest BCUT2D eigenvalue weighted by Crippen LogP contribution is 2.41. The monoisotopic (exact) mass is 290 g/mol. The minimum Gasteiger partial charge on any atom is -0.507 e. The molecular weight excluding hydrogens is 264 g/mol. The zero-order valence-corrected chi connectivity index (χ0v) is 13.8. The molecule has 0 radical (unpaired) electrons. The fourth-order valence-corrected chi connectivity index (χ4v) is 2.55. The van der Waals surface area contributed by atoms with Crippen LogP contribution in [0.25, 0.3) is 0 Å². The normalized spacial score (nSPS) is 19.3. The van der Waals surface area contributed by atoms with Crippen LogP contribution in [0.2, 0.25) is 0 Å². The van der Waals surface area contributed by atoms with E-state index < -0.39 is 0 Å². The number of aliphatic imine (C=N–C) groups is 1. The summed E-state index contributed by atoms with van der Waals surface area (Å²) in [4.78, 5) is 4.11. The van der Waals surface area contributed by atoms with Crippen LogP contribution in [0.5, 0.6) is 5.75 Å². The maximum absolute atomic E-state index is 10.7. The number of aromatic hydroxyl groups is 1. The van der Waals surface area contributed by atoms with E-state index in [0.29, 0.717) is 12.3 Å². The molecule has 3 N–H and O–H groups in total. The summed E-state index contributed by atoms with van der Waals surface area (Å²) >= 11 is 0. The Morgan fingerprint density at radius 3 is 1.90 bits per heavy atom. The molecule has 1 aliphatic rings. The Bertz CT molecular complexity index is 542. The summed E-state index contributed by atoms with van der Waals surface area (Å²) in [6, 6.07) is 4.27. The Morgan fingerprint density at radius 1 is 1.10 bits per heavy atom. The molecule has 1 unspecified atom stereocenters. The van der Waals surface area contributed by atoms with Gasteiger partial charge in [0.2, 0.25) is 0 Å². The SMILES string of the molecule is CC(C)(C)c1cc(C2CN=C(N)O2)cc(C(C)(C)C)c1O. The molecular formula is C17H26N2O2. The maximum Gasteiger partial charge on any atom is 0.282 e. The molecule has 2 rings (SSSR count). The van der Waals surface area contributed by atoms with Crippen molar-refractivity contribution in [3.05, 3.63) is 28.8 Å². The molecule has 0 bridgehead atoms. The van der Waals surface area contributed by atoms with Gasteiger partial charge in [-0.05, 0) is 39.7 Å². The van der Waals surface area contributed by atoms with Gasteiger partial charge in [-0.2, -0.15) is 0 Å². The zero-order valence-electron chi connectivity index (χ0n) is 13.8. The van der Waals surface area contributed by atoms with Crippen molar-refractivity contribution in [3.63, 3.8) is 0 Å². The van der Waals surface area contributed by atoms with Crippen molar-refractivity contribution in [1.82, 2.24) is 0 Å². The number of hydrogen-bond donors (Lipinski definition) is 2. The number of hydrogen-bond acceptors (Lipinski definition) is 4. The van der Waals surface area contributed by atoms with Gasteiger partial charge in [0.25, 0.3) is 6.02 Å². The van der Waals surface area contributed by atoms with Gasteiger partial charge in [0.1, 0.15) is 11.9 Å². The van der Waals surface area contributed by atoms with Gasteiger partial charge in [-0.25, -0.2) is 4.99 Å². The van der Waals surface area contributed by atoms with Crippen molar-refractivity contribution in [2.75, 3.05) is 6.54 Å². The van der Waals surface area contributed by atoms with Gasteiger partial charge in [0, 0.05) is 0 Å². The van der Waals surface area contributed by atoms with Crippen LogP contribution in [0, 0.1) is 0 Å². The molecule has 0 saturated heterocycles. The largest absolute Gasteiger partial charge is 0.507 e. The maximum atomic E-state index is 10.7. The molecule has 1 aliphatic heterocycles. The summed E-state index contributed by atoms with van der Waals surface area (Å²) in [6.07, 6.45) is -0.159. The molecule has 0 aromatic heterocycles. The van der Waals surface area contributed by atoms with Crippen molar-refractivity contribution in [2.45, 2.75) is 58.5 Å². The van der Waals surface area contributed by atoms with E-state index in [4.69, 9.17) is 10.5 Å². The van der Waals surface area contributed by atoms with E-state index in [9.17, 15) is 5.11 Å². The van der Waals surface area contributed by atoms with Crippen LogP contribution in [0.1, 0.15) is 64.3 Å². The first kappa shape index (κ1) is 15.7. The third-order valence-corrected chi connectivity index (χ3v) is 3.80. The smallest absolute Gasteiger partial charge is 0.282 e. The molecule has 0 saturated carbocycles. The van der Waals surface area contributed by atoms with Crippen LogP contribution in [-0.4, -0.2) is 17.7 Å². The molecule has 21 heavy (non-hydrogen) atoms. The van der Waals surface area contributed by atoms with E-state index in [1.807, 2.05) is 12.1 Å². The van der Waals surface area contributed by atoms with E-state index in [0.717, 1.165) is 16.7 Å². The van der Waals surface area contributed by atoms with E-state index >= 15 is 0 Å². The minimum atomic E-state index is -0.159. The predicted octanol–water partition coefficient (Wildman–Crippen LogP) is 3.37. The van der Waals surface area contributed by atoms with Gasteiger partial charge in [-0.15, -0.1) is 0 Å². The standard InChI is InChI=1S/C17H26N2O2/c1-16(2,3)11-7-10(13-9-19-15(18)21-13)8-12(14(11)20)17(4,5)6/h7-8,13,20H,9H2,1-6H3,(H2,18,19). The number of phenolic OH excluding ortho intramolecular Hbond substituents is 1. The average Bonchev–Trinajstić information content (AvgIpc) is 2.73. The molecule has 1 heterocycles. The lowest BCUT2D eigenvalue weighted by molar-refractivity contribution is 0.225. The molecule has 1 aromatic carbocycles. The second-order valence-electron chi connectivity index (χ2n) is 7.75. The van der Waals surface area contributed by atoms with E-state index in [1.165, 1.54) is 0 Å². The summed E-state index contributed by atoms with van der Waals surface area (Å²) < 4.78 is 5.57. The third kappa shape index (κ3) is 3.14. The highest BCUT2D eigenvalue weighted by Gasteiger charge is 2.29. The molecule has 0 aliphatic carbocycles. The first-order valence-electron chi connectivity index (χ1n) is 7.34. The van der Waals surface area contributed by atoms with Gasteiger partial charge < -0.3 is 15.6 Å². The summed E-state index contributed by atoms with van der Waals surface area (Å²) in [6.45, 7) is 13.1. The number of ether oxygens (including phenoxy) is 1. The molecule has 0 fully saturated rings. The Kier molecular flexibility index (Phi) is 3.68. The molecule has 4 nitrogen and oxygen atoms in total. The number of phenols is 1. The van der Waals surface area contributed by atoms with Crippen molar-refractivity contribution in [3.8, 4) is 5.75 Å². The zero-order chi connectivity index (χ0) is 16.0. The highest BCUT2D eigenvalue weighted by molar-refractivity contribution is 5.73. The summed E-state index contributed by atoms with van der Waals surface area (Å²) in [7, 11) is 0. The number of nitrogens with zero attached hydrogens (tertiary/aromatic N) is 1. The first-order chi connectivity index (χ1) is 9.50. The topological polar surface area (TPSA) is 67.8 Å². The van der Waals surface area contributed by atoms with Crippen molar-refractivity contribution < 1.29 is 9.84 Å². The van der Waals surface area contributed by atoms with Gasteiger partial charge in [-0.1, -0.05) is 41.5 Å². The van der Waals surface area contributed by atoms with E-state index in [1.54, 1.807) is 0 Å². The van der Waals surface area contributed by atoms with Crippen LogP contribution in [0.15, 0.2) is 17.1 Å². The second kappa shape index (κ2) is 4.93. The fourth-order valence-electron chi connectivity index (χ4n) is 2.55. The van der Waals surface area contributed by atoms with Gasteiger partial charge in [-0.3, -0.25) is 0 Å². The van der Waals surface area contributed by atoms with Gasteiger partial charge in [0.05, 0.1) is 6.54 Å². The average molecular weight is 290 g/mol. The van der Waals surface area contributed by atoms with Crippen LogP contribution in [0.4, 0.5) is 0 Å². The lowest BCUT2D eigenvalue weighted by atomic mass is 9.78. The van der Waals surface area contributed by atoms with Crippen LogP contribution < -0.4 is 5.73 Å². The Morgan fingerprint density at radius 2 is 1.57 bits per heavy atom. The molecule has 116 valence electrons. The van der Waals surface area contributed by atoms with Crippen molar-refractivity contribution in [1.29, 1.82) is 0 Å². The minimum absolute atomic E-state index is 0.148. The number of benzene rings is 1. The highest BCUT2D eigenvalue weighted by atomic mass is 16.5. The third-order valence-electron chi connectivity index (χ3n) is 3.80. The van der Waals surface area contributed by atoms with E-state index in [-0.39, 0.29) is 23.0 Å². The van der Waals surface area contributed by atoms with Crippen LogP contribution in [0.3, 0.4) is 0 Å². The van der Waals surface area contributed by atoms with E-state index in [2.05, 4.69) is 46.5 Å². The Labute approximate surface area is 127 Å². The molecule has 4 heteroatoms. The van der Waals surface area contributed by atoms with Crippen molar-refractivity contribution >= 4 is 6.02 Å². The Hall–Kier alpha value is -1.71. The van der Waals surface area contributed by atoms with Crippen molar-refractivity contribution in [2.24, 2.45) is 10.7 Å². The lowest BCUT2D eigenvalue weighted by Crippen LogP contribution is -2.19. The summed E-state index contributed by atoms with van der Waals surface area (Å²) in [5.41, 5.74) is 8.20. The predicted molar refractivity (Wildman–Crippen MR) is 85.8 cm³/mol. The summed E-state index contributed by atoms with van der Waals surface area (Å²) in [5.74, 6) is 0.380. The molecule has 1 atom stereocenters. The van der Waals surface area contributed by atoms with Crippen LogP contribution >= 0.6 is 0 Å². The molecule has 0 spiro atoms. The molecule has 1 aromatic rings.